The van der Waals surface area contributed by atoms with E-state index >= 15 is 0 Å². The maximum atomic E-state index is 11.5. The predicted octanol–water partition coefficient (Wildman–Crippen LogP) is 7.30. The lowest BCUT2D eigenvalue weighted by molar-refractivity contribution is 0.0952. The first-order chi connectivity index (χ1) is 18.3. The molecule has 0 radical (unpaired) electrons. The van der Waals surface area contributed by atoms with E-state index in [1.165, 1.54) is 22.5 Å². The first-order valence-electron chi connectivity index (χ1n) is 13.0. The van der Waals surface area contributed by atoms with Crippen molar-refractivity contribution >= 4 is 23.5 Å². The van der Waals surface area contributed by atoms with Crippen LogP contribution in [0.15, 0.2) is 72.4 Å². The fourth-order valence-electron chi connectivity index (χ4n) is 3.14. The largest absolute Gasteiger partial charge is 0.447 e. The lowest BCUT2D eigenvalue weighted by Gasteiger charge is -2.15. The summed E-state index contributed by atoms with van der Waals surface area (Å²) < 4.78 is 10.3. The molecule has 0 spiro atoms. The van der Waals surface area contributed by atoms with E-state index in [9.17, 15) is 9.59 Å². The average Bonchev–Trinajstić information content (AvgIpc) is 3.40. The number of nitrogens with one attached hydrogen (secondary N) is 2. The van der Waals surface area contributed by atoms with Crippen molar-refractivity contribution in [1.29, 1.82) is 0 Å². The molecule has 0 aliphatic carbocycles. The number of nitrogens with zero attached hydrogens (tertiary/aromatic N) is 1. The number of hydrogen-bond acceptors (Lipinski definition) is 6. The van der Waals surface area contributed by atoms with Gasteiger partial charge in [-0.05, 0) is 46.0 Å². The number of aryl methyl sites for hydroxylation is 2. The number of thiazole rings is 1. The summed E-state index contributed by atoms with van der Waals surface area (Å²) in [6.07, 6.45) is 3.10. The van der Waals surface area contributed by atoms with Crippen LogP contribution in [-0.2, 0) is 16.1 Å². The van der Waals surface area contributed by atoms with Gasteiger partial charge in [0.25, 0.3) is 0 Å². The molecule has 0 saturated carbocycles. The van der Waals surface area contributed by atoms with Crippen molar-refractivity contribution in [2.75, 3.05) is 13.1 Å². The van der Waals surface area contributed by atoms with Gasteiger partial charge in [0.2, 0.25) is 0 Å². The van der Waals surface area contributed by atoms with E-state index < -0.39 is 6.09 Å². The smallest absolute Gasteiger partial charge is 0.407 e. The number of ether oxygens (including phenoxy) is 2. The number of carbonyl (C=O) groups is 2. The van der Waals surface area contributed by atoms with Gasteiger partial charge >= 0.3 is 12.2 Å². The van der Waals surface area contributed by atoms with Crippen LogP contribution in [0, 0.1) is 19.8 Å². The lowest BCUT2D eigenvalue weighted by Crippen LogP contribution is -2.30. The highest BCUT2D eigenvalue weighted by molar-refractivity contribution is 7.09. The minimum absolute atomic E-state index is 0.0833. The van der Waals surface area contributed by atoms with Gasteiger partial charge in [0.1, 0.15) is 12.7 Å². The summed E-state index contributed by atoms with van der Waals surface area (Å²) in [5, 5.41) is 5.37. The van der Waals surface area contributed by atoms with Gasteiger partial charge in [0.05, 0.1) is 10.4 Å². The molecule has 3 rings (SSSR count). The van der Waals surface area contributed by atoms with Gasteiger partial charge in [-0.1, -0.05) is 85.6 Å². The van der Waals surface area contributed by atoms with Gasteiger partial charge in [0, 0.05) is 19.3 Å². The highest BCUT2D eigenvalue weighted by Gasteiger charge is 2.10. The van der Waals surface area contributed by atoms with Crippen LogP contribution in [0.4, 0.5) is 9.59 Å². The molecule has 0 fully saturated rings. The fourth-order valence-corrected chi connectivity index (χ4v) is 3.64. The van der Waals surface area contributed by atoms with Crippen LogP contribution in [0.1, 0.15) is 56.0 Å². The Morgan fingerprint density at radius 3 is 1.79 bits per heavy atom. The number of alkyl carbamates (subject to hydrolysis) is 2. The number of hydrogen-bond donors (Lipinski definition) is 2. The Labute approximate surface area is 232 Å². The molecule has 3 aromatic rings. The van der Waals surface area contributed by atoms with Gasteiger partial charge in [-0.15, -0.1) is 11.3 Å². The van der Waals surface area contributed by atoms with Crippen molar-refractivity contribution in [2.45, 2.75) is 66.6 Å². The van der Waals surface area contributed by atoms with Crippen molar-refractivity contribution in [3.8, 4) is 0 Å². The molecule has 8 heteroatoms. The van der Waals surface area contributed by atoms with Gasteiger partial charge in [-0.3, -0.25) is 4.98 Å². The summed E-state index contributed by atoms with van der Waals surface area (Å²) in [5.41, 5.74) is 4.34. The second-order valence-electron chi connectivity index (χ2n) is 9.26. The Bertz CT molecular complexity index is 946. The number of unbranched alkanes of at least 4 members (excludes halogenated alkanes) is 1. The molecule has 1 aromatic heterocycles. The summed E-state index contributed by atoms with van der Waals surface area (Å²) in [7, 11) is 0. The second-order valence-corrected chi connectivity index (χ2v) is 10.2. The Hall–Kier alpha value is -3.39. The number of carbonyl (C=O) groups excluding carboxylic acids is 2. The minimum Gasteiger partial charge on any atom is -0.447 e. The minimum atomic E-state index is -0.446. The van der Waals surface area contributed by atoms with Crippen molar-refractivity contribution in [1.82, 2.24) is 15.6 Å². The van der Waals surface area contributed by atoms with E-state index in [1.54, 1.807) is 11.7 Å². The molecule has 1 unspecified atom stereocenters. The van der Waals surface area contributed by atoms with E-state index in [4.69, 9.17) is 9.47 Å². The summed E-state index contributed by atoms with van der Waals surface area (Å²) >= 11 is 1.44. The molecule has 1 heterocycles. The number of benzene rings is 2. The fraction of sp³-hybridized carbons (Fsp3) is 0.433. The van der Waals surface area contributed by atoms with Crippen LogP contribution < -0.4 is 10.6 Å². The molecule has 7 nitrogen and oxygen atoms in total. The van der Waals surface area contributed by atoms with Crippen LogP contribution in [0.3, 0.4) is 0 Å². The topological polar surface area (TPSA) is 89.6 Å². The van der Waals surface area contributed by atoms with E-state index in [1.807, 2.05) is 43.3 Å². The zero-order valence-electron chi connectivity index (χ0n) is 23.3. The third-order valence-corrected chi connectivity index (χ3v) is 5.72. The number of amides is 2. The third kappa shape index (κ3) is 18.8. The zero-order chi connectivity index (χ0) is 28.0. The normalized spacial score (nSPS) is 10.7. The molecule has 0 aliphatic heterocycles. The molecule has 0 bridgehead atoms. The van der Waals surface area contributed by atoms with E-state index in [-0.39, 0.29) is 18.8 Å². The predicted molar refractivity (Wildman–Crippen MR) is 155 cm³/mol. The standard InChI is InChI=1S/C16H27N3O4S.2C7H8/c1-12(2)8-13(3)23-16(21)19-7-5-4-6-18-15(20)22-10-14-9-17-11-24-14;2*1-7-5-3-2-4-6-7/h9,11-13H,4-8,10H2,1-3H3,(H,18,20)(H,19,21);2*2-6H,1H3. The quantitative estimate of drug-likeness (QED) is 0.263. The van der Waals surface area contributed by atoms with E-state index in [0.29, 0.717) is 19.0 Å². The zero-order valence-corrected chi connectivity index (χ0v) is 24.1. The van der Waals surface area contributed by atoms with Gasteiger partial charge in [0.15, 0.2) is 0 Å². The molecule has 1 atom stereocenters. The van der Waals surface area contributed by atoms with Gasteiger partial charge in [-0.2, -0.15) is 0 Å². The number of rotatable bonds is 10. The molecular weight excluding hydrogens is 498 g/mol. The van der Waals surface area contributed by atoms with Crippen molar-refractivity contribution in [3.63, 3.8) is 0 Å². The summed E-state index contributed by atoms with van der Waals surface area (Å²) in [4.78, 5) is 27.8. The molecular formula is C30H43N3O4S. The highest BCUT2D eigenvalue weighted by Crippen LogP contribution is 2.08. The molecule has 38 heavy (non-hydrogen) atoms. The molecule has 2 amide bonds. The maximum absolute atomic E-state index is 11.5. The van der Waals surface area contributed by atoms with Crippen LogP contribution in [-0.4, -0.2) is 36.4 Å². The van der Waals surface area contributed by atoms with Gasteiger partial charge < -0.3 is 20.1 Å². The molecule has 208 valence electrons. The van der Waals surface area contributed by atoms with Crippen molar-refractivity contribution in [3.05, 3.63) is 88.4 Å². The average molecular weight is 542 g/mol. The highest BCUT2D eigenvalue weighted by atomic mass is 32.1. The molecule has 2 N–H and O–H groups in total. The monoisotopic (exact) mass is 541 g/mol. The lowest BCUT2D eigenvalue weighted by atomic mass is 10.1. The molecule has 0 aliphatic rings. The molecule has 0 saturated heterocycles. The Morgan fingerprint density at radius 1 is 0.842 bits per heavy atom. The van der Waals surface area contributed by atoms with Crippen molar-refractivity contribution < 1.29 is 19.1 Å². The molecule has 2 aromatic carbocycles. The Kier molecular flexibility index (Phi) is 17.7. The third-order valence-electron chi connectivity index (χ3n) is 4.96. The second kappa shape index (κ2) is 20.6. The van der Waals surface area contributed by atoms with Crippen LogP contribution in [0.2, 0.25) is 0 Å². The maximum Gasteiger partial charge on any atom is 0.407 e. The Morgan fingerprint density at radius 2 is 1.37 bits per heavy atom. The SMILES string of the molecule is CC(C)CC(C)OC(=O)NCCCCNC(=O)OCc1cncs1.Cc1ccccc1.Cc1ccccc1. The first-order valence-corrected chi connectivity index (χ1v) is 13.9. The summed E-state index contributed by atoms with van der Waals surface area (Å²) in [6, 6.07) is 20.5. The first kappa shape index (κ1) is 32.6. The van der Waals surface area contributed by atoms with E-state index in [0.717, 1.165) is 24.1 Å². The van der Waals surface area contributed by atoms with Crippen LogP contribution >= 0.6 is 11.3 Å². The van der Waals surface area contributed by atoms with Crippen LogP contribution in [0.5, 0.6) is 0 Å². The summed E-state index contributed by atoms with van der Waals surface area (Å²) in [5.74, 6) is 0.495. The van der Waals surface area contributed by atoms with Gasteiger partial charge in [-0.25, -0.2) is 9.59 Å². The Balaban J connectivity index is 0.000000412. The summed E-state index contributed by atoms with van der Waals surface area (Å²) in [6.45, 7) is 11.5. The van der Waals surface area contributed by atoms with E-state index in [2.05, 4.69) is 67.6 Å². The number of aromatic nitrogens is 1. The van der Waals surface area contributed by atoms with Crippen molar-refractivity contribution in [2.24, 2.45) is 5.92 Å². The van der Waals surface area contributed by atoms with Crippen LogP contribution in [0.25, 0.3) is 0 Å².